The molecule has 7 nitrogen and oxygen atoms in total. The van der Waals surface area contributed by atoms with Gasteiger partial charge in [0.15, 0.2) is 6.19 Å². The molecular weight excluding hydrogens is 220 g/mol. The molecule has 1 amide bonds. The molecule has 0 saturated carbocycles. The van der Waals surface area contributed by atoms with Crippen LogP contribution in [0, 0.1) is 21.6 Å². The van der Waals surface area contributed by atoms with Crippen LogP contribution in [0.4, 0.5) is 0 Å². The number of nitro groups is 1. The lowest BCUT2D eigenvalue weighted by Gasteiger charge is -2.22. The summed E-state index contributed by atoms with van der Waals surface area (Å²) >= 11 is 1.34. The van der Waals surface area contributed by atoms with E-state index in [1.165, 1.54) is 22.9 Å². The van der Waals surface area contributed by atoms with Gasteiger partial charge in [0.1, 0.15) is 5.03 Å². The molecular formula is C7H10N4O3S. The van der Waals surface area contributed by atoms with Crippen LogP contribution in [0.25, 0.3) is 0 Å². The molecule has 0 atom stereocenters. The third-order valence-corrected chi connectivity index (χ3v) is 2.55. The van der Waals surface area contributed by atoms with Crippen molar-refractivity contribution in [2.24, 2.45) is 5.73 Å². The second-order valence-electron chi connectivity index (χ2n) is 2.38. The maximum absolute atomic E-state index is 10.4. The Kier molecular flexibility index (Phi) is 6.74. The minimum atomic E-state index is -0.538. The first-order valence-electron chi connectivity index (χ1n) is 3.95. The Balaban J connectivity index is 0.000000583. The van der Waals surface area contributed by atoms with Gasteiger partial charge in [-0.1, -0.05) is 0 Å². The highest BCUT2D eigenvalue weighted by Gasteiger charge is 2.17. The van der Waals surface area contributed by atoms with E-state index >= 15 is 0 Å². The fourth-order valence-corrected chi connectivity index (χ4v) is 1.85. The number of nitrogens with two attached hydrogens (primary N) is 1. The normalized spacial score (nSPS) is 17.3. The summed E-state index contributed by atoms with van der Waals surface area (Å²) in [5.74, 6) is 0.837. The van der Waals surface area contributed by atoms with Crippen LogP contribution in [0.3, 0.4) is 0 Å². The summed E-state index contributed by atoms with van der Waals surface area (Å²) in [6.07, 6.45) is 3.64. The van der Waals surface area contributed by atoms with Crippen LogP contribution in [0.5, 0.6) is 0 Å². The van der Waals surface area contributed by atoms with Crippen molar-refractivity contribution in [2.75, 3.05) is 12.3 Å². The number of hydrogen-bond donors (Lipinski definition) is 1. The molecule has 0 spiro atoms. The van der Waals surface area contributed by atoms with Crippen LogP contribution in [0.15, 0.2) is 11.2 Å². The summed E-state index contributed by atoms with van der Waals surface area (Å²) in [6, 6.07) is 0. The molecule has 0 aromatic carbocycles. The van der Waals surface area contributed by atoms with E-state index in [4.69, 9.17) is 5.26 Å². The Hall–Kier alpha value is -1.75. The molecule has 8 heteroatoms. The van der Waals surface area contributed by atoms with Gasteiger partial charge in [0.05, 0.1) is 4.92 Å². The lowest BCUT2D eigenvalue weighted by Crippen LogP contribution is -2.25. The molecule has 0 bridgehead atoms. The van der Waals surface area contributed by atoms with Gasteiger partial charge in [-0.2, -0.15) is 5.26 Å². The van der Waals surface area contributed by atoms with Crippen molar-refractivity contribution in [3.63, 3.8) is 0 Å². The second kappa shape index (κ2) is 7.64. The van der Waals surface area contributed by atoms with E-state index in [9.17, 15) is 14.9 Å². The number of nitriles is 1. The first-order valence-corrected chi connectivity index (χ1v) is 4.94. The minimum Gasteiger partial charge on any atom is -0.337 e. The molecule has 1 saturated heterocycles. The first kappa shape index (κ1) is 13.2. The molecule has 0 aliphatic carbocycles. The van der Waals surface area contributed by atoms with Crippen LogP contribution in [0.2, 0.25) is 0 Å². The maximum atomic E-state index is 10.4. The number of rotatable bonds is 2. The third kappa shape index (κ3) is 5.53. The molecule has 0 unspecified atom stereocenters. The van der Waals surface area contributed by atoms with Crippen molar-refractivity contribution in [1.29, 1.82) is 5.26 Å². The summed E-state index contributed by atoms with van der Waals surface area (Å²) in [5.41, 5.74) is 4.15. The van der Waals surface area contributed by atoms with E-state index < -0.39 is 4.92 Å². The van der Waals surface area contributed by atoms with Crippen molar-refractivity contribution in [2.45, 2.75) is 6.42 Å². The highest BCUT2D eigenvalue weighted by molar-refractivity contribution is 8.03. The SMILES string of the molecule is N#CN.O=CN1CCCSC1=C[N+](=O)[O-]. The predicted octanol–water partition coefficient (Wildman–Crippen LogP) is 0.0835. The van der Waals surface area contributed by atoms with Crippen molar-refractivity contribution in [1.82, 2.24) is 4.90 Å². The van der Waals surface area contributed by atoms with E-state index in [0.717, 1.165) is 18.4 Å². The van der Waals surface area contributed by atoms with Gasteiger partial charge in [0.2, 0.25) is 6.41 Å². The number of carbonyl (C=O) groups excluding carboxylic acids is 1. The fraction of sp³-hybridized carbons (Fsp3) is 0.429. The van der Waals surface area contributed by atoms with Gasteiger partial charge < -0.3 is 10.6 Å². The smallest absolute Gasteiger partial charge is 0.264 e. The highest BCUT2D eigenvalue weighted by atomic mass is 32.2. The highest BCUT2D eigenvalue weighted by Crippen LogP contribution is 2.24. The molecule has 82 valence electrons. The van der Waals surface area contributed by atoms with E-state index in [2.05, 4.69) is 5.73 Å². The zero-order valence-corrected chi connectivity index (χ0v) is 8.64. The van der Waals surface area contributed by atoms with Crippen LogP contribution in [0.1, 0.15) is 6.42 Å². The second-order valence-corrected chi connectivity index (χ2v) is 3.50. The Morgan fingerprint density at radius 3 is 2.80 bits per heavy atom. The Morgan fingerprint density at radius 1 is 1.73 bits per heavy atom. The zero-order valence-electron chi connectivity index (χ0n) is 7.83. The summed E-state index contributed by atoms with van der Waals surface area (Å²) in [6.45, 7) is 0.580. The standard InChI is InChI=1S/C6H8N2O3S.CH2N2/c9-5-7-2-1-3-12-6(7)4-8(10)11;2-1-3/h4-5H,1-3H2;2H2. The molecule has 1 heterocycles. The molecule has 1 fully saturated rings. The summed E-state index contributed by atoms with van der Waals surface area (Å²) < 4.78 is 0. The largest absolute Gasteiger partial charge is 0.337 e. The fourth-order valence-electron chi connectivity index (χ4n) is 0.911. The molecule has 0 aromatic heterocycles. The van der Waals surface area contributed by atoms with Gasteiger partial charge in [-0.05, 0) is 6.42 Å². The van der Waals surface area contributed by atoms with Gasteiger partial charge in [-0.25, -0.2) is 0 Å². The van der Waals surface area contributed by atoms with Crippen LogP contribution >= 0.6 is 11.8 Å². The summed E-state index contributed by atoms with van der Waals surface area (Å²) in [7, 11) is 0. The van der Waals surface area contributed by atoms with Crippen LogP contribution < -0.4 is 5.73 Å². The molecule has 1 rings (SSSR count). The summed E-state index contributed by atoms with van der Waals surface area (Å²) in [5, 5.41) is 17.6. The molecule has 1 aliphatic heterocycles. The van der Waals surface area contributed by atoms with E-state index in [0.29, 0.717) is 18.0 Å². The van der Waals surface area contributed by atoms with Gasteiger partial charge in [-0.15, -0.1) is 11.8 Å². The van der Waals surface area contributed by atoms with Crippen molar-refractivity contribution in [3.8, 4) is 6.19 Å². The van der Waals surface area contributed by atoms with Crippen LogP contribution in [-0.2, 0) is 4.79 Å². The zero-order chi connectivity index (χ0) is 11.7. The Bertz CT molecular complexity index is 299. The average Bonchev–Trinajstić information content (AvgIpc) is 2.19. The molecule has 0 radical (unpaired) electrons. The number of hydrogen-bond acceptors (Lipinski definition) is 6. The van der Waals surface area contributed by atoms with Crippen molar-refractivity contribution in [3.05, 3.63) is 21.3 Å². The van der Waals surface area contributed by atoms with Gasteiger partial charge >= 0.3 is 0 Å². The van der Waals surface area contributed by atoms with E-state index in [-0.39, 0.29) is 0 Å². The van der Waals surface area contributed by atoms with Gasteiger partial charge in [0, 0.05) is 12.3 Å². The lowest BCUT2D eigenvalue weighted by molar-refractivity contribution is -0.403. The first-order chi connectivity index (χ1) is 7.15. The summed E-state index contributed by atoms with van der Waals surface area (Å²) in [4.78, 5) is 21.3. The molecule has 0 aromatic rings. The van der Waals surface area contributed by atoms with E-state index in [1.807, 2.05) is 0 Å². The van der Waals surface area contributed by atoms with Crippen molar-refractivity contribution >= 4 is 18.2 Å². The molecule has 15 heavy (non-hydrogen) atoms. The number of thioether (sulfide) groups is 1. The van der Waals surface area contributed by atoms with Crippen molar-refractivity contribution < 1.29 is 9.72 Å². The minimum absolute atomic E-state index is 0.432. The quantitative estimate of drug-likeness (QED) is 0.236. The topological polar surface area (TPSA) is 113 Å². The van der Waals surface area contributed by atoms with E-state index in [1.54, 1.807) is 0 Å². The number of carbonyl (C=O) groups is 1. The monoisotopic (exact) mass is 230 g/mol. The lowest BCUT2D eigenvalue weighted by atomic mass is 10.4. The number of nitrogens with zero attached hydrogens (tertiary/aromatic N) is 3. The number of amides is 1. The predicted molar refractivity (Wildman–Crippen MR) is 54.7 cm³/mol. The third-order valence-electron chi connectivity index (χ3n) is 1.42. The average molecular weight is 230 g/mol. The Labute approximate surface area is 90.7 Å². The Morgan fingerprint density at radius 2 is 2.33 bits per heavy atom. The van der Waals surface area contributed by atoms with Crippen LogP contribution in [-0.4, -0.2) is 28.5 Å². The van der Waals surface area contributed by atoms with Gasteiger partial charge in [0.25, 0.3) is 6.20 Å². The maximum Gasteiger partial charge on any atom is 0.264 e. The molecule has 2 N–H and O–H groups in total. The molecule has 1 aliphatic rings. The van der Waals surface area contributed by atoms with Gasteiger partial charge in [-0.3, -0.25) is 14.9 Å².